The van der Waals surface area contributed by atoms with E-state index in [0.29, 0.717) is 10.7 Å². The third kappa shape index (κ3) is 2.92. The first kappa shape index (κ1) is 10.9. The van der Waals surface area contributed by atoms with Crippen LogP contribution in [0.4, 0.5) is 11.4 Å². The quantitative estimate of drug-likeness (QED) is 0.809. The van der Waals surface area contributed by atoms with Gasteiger partial charge in [-0.25, -0.2) is 0 Å². The second-order valence-electron chi connectivity index (χ2n) is 2.91. The molecule has 0 heterocycles. The van der Waals surface area contributed by atoms with Gasteiger partial charge in [0.15, 0.2) is 0 Å². The van der Waals surface area contributed by atoms with Crippen LogP contribution in [-0.4, -0.2) is 12.5 Å². The van der Waals surface area contributed by atoms with Crippen LogP contribution < -0.4 is 10.6 Å². The Labute approximate surface area is 88.5 Å². The van der Waals surface area contributed by atoms with Crippen molar-refractivity contribution in [3.8, 4) is 0 Å². The molecule has 0 fully saturated rings. The first-order valence-corrected chi connectivity index (χ1v) is 4.82. The van der Waals surface area contributed by atoms with Gasteiger partial charge in [-0.3, -0.25) is 4.79 Å². The lowest BCUT2D eigenvalue weighted by Crippen LogP contribution is -2.06. The van der Waals surface area contributed by atoms with Crippen molar-refractivity contribution >= 4 is 28.9 Å². The third-order valence-electron chi connectivity index (χ3n) is 1.66. The highest BCUT2D eigenvalue weighted by molar-refractivity contribution is 6.34. The highest BCUT2D eigenvalue weighted by Crippen LogP contribution is 2.25. The second-order valence-corrected chi connectivity index (χ2v) is 3.31. The number of hydrogen-bond acceptors (Lipinski definition) is 2. The Morgan fingerprint density at radius 2 is 2.21 bits per heavy atom. The fourth-order valence-electron chi connectivity index (χ4n) is 1.12. The van der Waals surface area contributed by atoms with Crippen LogP contribution in [-0.2, 0) is 4.79 Å². The van der Waals surface area contributed by atoms with Crippen molar-refractivity contribution in [2.24, 2.45) is 0 Å². The minimum atomic E-state index is -0.122. The molecule has 0 saturated carbocycles. The fourth-order valence-corrected chi connectivity index (χ4v) is 1.35. The lowest BCUT2D eigenvalue weighted by atomic mass is 10.2. The monoisotopic (exact) mass is 212 g/mol. The molecule has 3 nitrogen and oxygen atoms in total. The molecule has 2 N–H and O–H groups in total. The zero-order valence-electron chi connectivity index (χ0n) is 8.23. The summed E-state index contributed by atoms with van der Waals surface area (Å²) >= 11 is 5.95. The van der Waals surface area contributed by atoms with Crippen LogP contribution >= 0.6 is 11.6 Å². The summed E-state index contributed by atoms with van der Waals surface area (Å²) in [5.41, 5.74) is 1.59. The summed E-state index contributed by atoms with van der Waals surface area (Å²) in [5.74, 6) is -0.122. The molecule has 0 unspecified atom stereocenters. The van der Waals surface area contributed by atoms with E-state index < -0.39 is 0 Å². The molecule has 0 radical (unpaired) electrons. The molecule has 1 aromatic carbocycles. The summed E-state index contributed by atoms with van der Waals surface area (Å²) in [4.78, 5) is 10.8. The number of anilines is 2. The van der Waals surface area contributed by atoms with Crippen molar-refractivity contribution in [2.75, 3.05) is 17.2 Å². The van der Waals surface area contributed by atoms with Gasteiger partial charge in [0, 0.05) is 19.2 Å². The summed E-state index contributed by atoms with van der Waals surface area (Å²) < 4.78 is 0. The van der Waals surface area contributed by atoms with Gasteiger partial charge in [0.25, 0.3) is 0 Å². The van der Waals surface area contributed by atoms with Gasteiger partial charge < -0.3 is 10.6 Å². The minimum Gasteiger partial charge on any atom is -0.385 e. The Kier molecular flexibility index (Phi) is 3.77. The van der Waals surface area contributed by atoms with Crippen molar-refractivity contribution in [3.63, 3.8) is 0 Å². The number of halogens is 1. The average molecular weight is 213 g/mol. The van der Waals surface area contributed by atoms with Gasteiger partial charge in [0.05, 0.1) is 10.7 Å². The van der Waals surface area contributed by atoms with Gasteiger partial charge in [-0.05, 0) is 25.1 Å². The molecule has 0 saturated heterocycles. The molecular formula is C10H13ClN2O. The van der Waals surface area contributed by atoms with Gasteiger partial charge in [0.2, 0.25) is 5.91 Å². The molecule has 4 heteroatoms. The highest BCUT2D eigenvalue weighted by Gasteiger charge is 2.02. The summed E-state index contributed by atoms with van der Waals surface area (Å²) in [5, 5.41) is 6.32. The molecule has 1 aromatic rings. The van der Waals surface area contributed by atoms with Crippen LogP contribution in [0, 0.1) is 0 Å². The SMILES string of the molecule is CCNc1ccc(NC(C)=O)c(Cl)c1. The third-order valence-corrected chi connectivity index (χ3v) is 1.97. The predicted molar refractivity (Wildman–Crippen MR) is 59.9 cm³/mol. The van der Waals surface area contributed by atoms with E-state index in [1.165, 1.54) is 6.92 Å². The largest absolute Gasteiger partial charge is 0.385 e. The molecule has 0 spiro atoms. The molecule has 0 aromatic heterocycles. The van der Waals surface area contributed by atoms with E-state index in [-0.39, 0.29) is 5.91 Å². The number of carbonyl (C=O) groups excluding carboxylic acids is 1. The van der Waals surface area contributed by atoms with Gasteiger partial charge >= 0.3 is 0 Å². The maximum atomic E-state index is 10.8. The summed E-state index contributed by atoms with van der Waals surface area (Å²) in [6.45, 7) is 4.31. The van der Waals surface area contributed by atoms with Crippen LogP contribution in [0.2, 0.25) is 5.02 Å². The maximum absolute atomic E-state index is 10.8. The Balaban J connectivity index is 2.84. The summed E-state index contributed by atoms with van der Waals surface area (Å²) in [6, 6.07) is 5.44. The topological polar surface area (TPSA) is 41.1 Å². The van der Waals surface area contributed by atoms with Crippen molar-refractivity contribution in [3.05, 3.63) is 23.2 Å². The van der Waals surface area contributed by atoms with Crippen LogP contribution in [0.15, 0.2) is 18.2 Å². The zero-order valence-corrected chi connectivity index (χ0v) is 8.98. The lowest BCUT2D eigenvalue weighted by molar-refractivity contribution is -0.114. The number of benzene rings is 1. The minimum absolute atomic E-state index is 0.122. The van der Waals surface area contributed by atoms with E-state index in [1.54, 1.807) is 12.1 Å². The Hall–Kier alpha value is -1.22. The van der Waals surface area contributed by atoms with Gasteiger partial charge in [-0.1, -0.05) is 11.6 Å². The summed E-state index contributed by atoms with van der Waals surface area (Å²) in [7, 11) is 0. The fraction of sp³-hybridized carbons (Fsp3) is 0.300. The first-order chi connectivity index (χ1) is 6.63. The average Bonchev–Trinajstić information content (AvgIpc) is 2.10. The van der Waals surface area contributed by atoms with Crippen LogP contribution in [0.25, 0.3) is 0 Å². The molecule has 1 rings (SSSR count). The van der Waals surface area contributed by atoms with Crippen LogP contribution in [0.3, 0.4) is 0 Å². The number of rotatable bonds is 3. The zero-order chi connectivity index (χ0) is 10.6. The number of nitrogens with one attached hydrogen (secondary N) is 2. The van der Waals surface area contributed by atoms with Crippen LogP contribution in [0.1, 0.15) is 13.8 Å². The van der Waals surface area contributed by atoms with Crippen molar-refractivity contribution in [1.29, 1.82) is 0 Å². The molecule has 0 atom stereocenters. The molecule has 14 heavy (non-hydrogen) atoms. The Morgan fingerprint density at radius 3 is 2.71 bits per heavy atom. The van der Waals surface area contributed by atoms with Gasteiger partial charge in [-0.2, -0.15) is 0 Å². The molecule has 0 aliphatic carbocycles. The molecule has 0 bridgehead atoms. The lowest BCUT2D eigenvalue weighted by Gasteiger charge is -2.08. The van der Waals surface area contributed by atoms with E-state index in [1.807, 2.05) is 13.0 Å². The van der Waals surface area contributed by atoms with E-state index in [9.17, 15) is 4.79 Å². The number of carbonyl (C=O) groups is 1. The molecular weight excluding hydrogens is 200 g/mol. The van der Waals surface area contributed by atoms with Crippen LogP contribution in [0.5, 0.6) is 0 Å². The van der Waals surface area contributed by atoms with E-state index in [4.69, 9.17) is 11.6 Å². The number of amides is 1. The molecule has 1 amide bonds. The molecule has 76 valence electrons. The number of hydrogen-bond donors (Lipinski definition) is 2. The Bertz CT molecular complexity index is 339. The standard InChI is InChI=1S/C10H13ClN2O/c1-3-12-8-4-5-10(9(11)6-8)13-7(2)14/h4-6,12H,3H2,1-2H3,(H,13,14). The maximum Gasteiger partial charge on any atom is 0.221 e. The van der Waals surface area contributed by atoms with Gasteiger partial charge in [-0.15, -0.1) is 0 Å². The van der Waals surface area contributed by atoms with Crippen molar-refractivity contribution in [2.45, 2.75) is 13.8 Å². The second kappa shape index (κ2) is 4.86. The highest BCUT2D eigenvalue weighted by atomic mass is 35.5. The molecule has 0 aliphatic heterocycles. The molecule has 0 aliphatic rings. The van der Waals surface area contributed by atoms with Gasteiger partial charge in [0.1, 0.15) is 0 Å². The van der Waals surface area contributed by atoms with E-state index >= 15 is 0 Å². The van der Waals surface area contributed by atoms with Crippen molar-refractivity contribution in [1.82, 2.24) is 0 Å². The Morgan fingerprint density at radius 1 is 1.50 bits per heavy atom. The smallest absolute Gasteiger partial charge is 0.221 e. The van der Waals surface area contributed by atoms with Crippen molar-refractivity contribution < 1.29 is 4.79 Å². The summed E-state index contributed by atoms with van der Waals surface area (Å²) in [6.07, 6.45) is 0. The van der Waals surface area contributed by atoms with E-state index in [2.05, 4.69) is 10.6 Å². The predicted octanol–water partition coefficient (Wildman–Crippen LogP) is 2.73. The first-order valence-electron chi connectivity index (χ1n) is 4.44. The normalized spacial score (nSPS) is 9.64. The van der Waals surface area contributed by atoms with E-state index in [0.717, 1.165) is 12.2 Å².